The lowest BCUT2D eigenvalue weighted by atomic mass is 9.77. The fraction of sp³-hybridized carbons (Fsp3) is 0.400. The molecule has 2 atom stereocenters. The molecule has 2 aromatic rings. The summed E-state index contributed by atoms with van der Waals surface area (Å²) in [5.74, 6) is 0. The number of sulfonamides is 1. The molecule has 28 heavy (non-hydrogen) atoms. The van der Waals surface area contributed by atoms with Crippen LogP contribution in [0.1, 0.15) is 30.9 Å². The zero-order valence-corrected chi connectivity index (χ0v) is 16.3. The number of rotatable bonds is 2. The normalized spacial score (nSPS) is 27.4. The second-order valence-corrected chi connectivity index (χ2v) is 9.24. The van der Waals surface area contributed by atoms with Crippen molar-refractivity contribution in [2.45, 2.75) is 48.9 Å². The van der Waals surface area contributed by atoms with Crippen LogP contribution in [0.3, 0.4) is 0 Å². The first-order valence-corrected chi connectivity index (χ1v) is 10.4. The predicted molar refractivity (Wildman–Crippen MR) is 98.6 cm³/mol. The van der Waals surface area contributed by atoms with Gasteiger partial charge in [-0.05, 0) is 44.9 Å². The van der Waals surface area contributed by atoms with Crippen LogP contribution in [-0.2, 0) is 20.4 Å². The van der Waals surface area contributed by atoms with E-state index < -0.39 is 27.3 Å². The first-order chi connectivity index (χ1) is 13.1. The summed E-state index contributed by atoms with van der Waals surface area (Å²) in [4.78, 5) is -0.182. The molecule has 1 saturated heterocycles. The highest BCUT2D eigenvalue weighted by Crippen LogP contribution is 2.63. The maximum atomic E-state index is 14.6. The van der Waals surface area contributed by atoms with Gasteiger partial charge in [-0.25, -0.2) is 12.7 Å². The number of alkyl halides is 3. The Hall–Kier alpha value is -2.06. The molecule has 4 nitrogen and oxygen atoms in total. The average molecular weight is 411 g/mol. The maximum absolute atomic E-state index is 14.6. The Balaban J connectivity index is 2.03. The third kappa shape index (κ3) is 2.30. The smallest absolute Gasteiger partial charge is 0.367 e. The third-order valence-corrected chi connectivity index (χ3v) is 7.79. The van der Waals surface area contributed by atoms with Gasteiger partial charge in [-0.3, -0.25) is 0 Å². The number of hydrogen-bond acceptors (Lipinski definition) is 3. The van der Waals surface area contributed by atoms with Gasteiger partial charge in [0.1, 0.15) is 5.60 Å². The number of fused-ring (bicyclic) bond motifs is 2. The van der Waals surface area contributed by atoms with Gasteiger partial charge < -0.3 is 4.74 Å². The molecule has 150 valence electrons. The second kappa shape index (κ2) is 5.97. The lowest BCUT2D eigenvalue weighted by Crippen LogP contribution is -2.66. The van der Waals surface area contributed by atoms with Crippen LogP contribution >= 0.6 is 0 Å². The molecule has 0 N–H and O–H groups in total. The summed E-state index contributed by atoms with van der Waals surface area (Å²) < 4.78 is 77.0. The van der Waals surface area contributed by atoms with Crippen LogP contribution in [0.2, 0.25) is 0 Å². The number of halogens is 3. The molecule has 2 aromatic carbocycles. The topological polar surface area (TPSA) is 46.6 Å². The minimum atomic E-state index is -4.85. The van der Waals surface area contributed by atoms with E-state index in [1.165, 1.54) is 24.3 Å². The fourth-order valence-electron chi connectivity index (χ4n) is 4.43. The van der Waals surface area contributed by atoms with Crippen molar-refractivity contribution in [1.29, 1.82) is 0 Å². The van der Waals surface area contributed by atoms with Crippen molar-refractivity contribution < 1.29 is 26.3 Å². The molecule has 0 amide bonds. The van der Waals surface area contributed by atoms with Crippen molar-refractivity contribution in [2.24, 2.45) is 0 Å². The Bertz CT molecular complexity index is 1010. The minimum Gasteiger partial charge on any atom is -0.367 e. The first-order valence-electron chi connectivity index (χ1n) is 8.98. The molecule has 0 radical (unpaired) electrons. The number of benzene rings is 2. The molecule has 1 spiro atoms. The molecule has 0 bridgehead atoms. The standard InChI is InChI=1S/C20H20F3NO3S/c1-14-8-10-15(11-9-14)28(25,26)24-17-7-4-3-6-16(17)19(12-5-13-27-19)18(24,2)20(21,22)23/h3-4,6-11H,5,12-13H2,1-2H3. The van der Waals surface area contributed by atoms with Crippen LogP contribution in [0.5, 0.6) is 0 Å². The van der Waals surface area contributed by atoms with Gasteiger partial charge in [0.2, 0.25) is 0 Å². The van der Waals surface area contributed by atoms with Gasteiger partial charge in [-0.15, -0.1) is 0 Å². The van der Waals surface area contributed by atoms with E-state index in [9.17, 15) is 21.6 Å². The number of aryl methyl sites for hydroxylation is 1. The summed E-state index contributed by atoms with van der Waals surface area (Å²) in [5.41, 5.74) is -3.42. The molecular weight excluding hydrogens is 391 g/mol. The number of nitrogens with zero attached hydrogens (tertiary/aromatic N) is 1. The lowest BCUT2D eigenvalue weighted by molar-refractivity contribution is -0.232. The summed E-state index contributed by atoms with van der Waals surface area (Å²) in [5, 5.41) is 0. The summed E-state index contributed by atoms with van der Waals surface area (Å²) in [7, 11) is -4.49. The van der Waals surface area contributed by atoms with E-state index in [1.807, 2.05) is 0 Å². The van der Waals surface area contributed by atoms with Gasteiger partial charge in [-0.1, -0.05) is 35.9 Å². The molecule has 2 heterocycles. The Morgan fingerprint density at radius 3 is 2.29 bits per heavy atom. The van der Waals surface area contributed by atoms with Gasteiger partial charge in [0.15, 0.2) is 5.54 Å². The zero-order chi connectivity index (χ0) is 20.4. The van der Waals surface area contributed by atoms with Crippen LogP contribution in [-0.4, -0.2) is 26.7 Å². The monoisotopic (exact) mass is 411 g/mol. The first kappa shape index (κ1) is 19.3. The molecular formula is C20H20F3NO3S. The van der Waals surface area contributed by atoms with Gasteiger partial charge in [0.25, 0.3) is 10.0 Å². The van der Waals surface area contributed by atoms with E-state index in [1.54, 1.807) is 31.2 Å². The van der Waals surface area contributed by atoms with E-state index in [2.05, 4.69) is 0 Å². The molecule has 8 heteroatoms. The summed E-state index contributed by atoms with van der Waals surface area (Å²) in [6, 6.07) is 11.9. The highest BCUT2D eigenvalue weighted by molar-refractivity contribution is 7.93. The molecule has 2 unspecified atom stereocenters. The van der Waals surface area contributed by atoms with Gasteiger partial charge in [0, 0.05) is 12.2 Å². The van der Waals surface area contributed by atoms with Crippen LogP contribution in [0.25, 0.3) is 0 Å². The SMILES string of the molecule is Cc1ccc(S(=O)(=O)N2c3ccccc3C3(CCCO3)C2(C)C(F)(F)F)cc1. The Labute approximate surface area is 162 Å². The largest absolute Gasteiger partial charge is 0.415 e. The molecule has 1 fully saturated rings. The van der Waals surface area contributed by atoms with E-state index >= 15 is 0 Å². The minimum absolute atomic E-state index is 0.0183. The van der Waals surface area contributed by atoms with E-state index in [0.29, 0.717) is 10.7 Å². The van der Waals surface area contributed by atoms with Crippen LogP contribution in [0.15, 0.2) is 53.4 Å². The number of para-hydroxylation sites is 1. The van der Waals surface area contributed by atoms with Crippen molar-refractivity contribution in [3.05, 3.63) is 59.7 Å². The lowest BCUT2D eigenvalue weighted by Gasteiger charge is -2.45. The number of hydrogen-bond donors (Lipinski definition) is 0. The zero-order valence-electron chi connectivity index (χ0n) is 15.5. The highest BCUT2D eigenvalue weighted by Gasteiger charge is 2.75. The summed E-state index contributed by atoms with van der Waals surface area (Å²) in [6.07, 6.45) is -4.33. The van der Waals surface area contributed by atoms with E-state index in [-0.39, 0.29) is 29.2 Å². The Kier molecular flexibility index (Phi) is 4.11. The van der Waals surface area contributed by atoms with Crippen molar-refractivity contribution in [1.82, 2.24) is 0 Å². The number of anilines is 1. The second-order valence-electron chi connectivity index (χ2n) is 7.45. The molecule has 0 aliphatic carbocycles. The summed E-state index contributed by atoms with van der Waals surface area (Å²) in [6.45, 7) is 2.87. The molecule has 2 aliphatic heterocycles. The fourth-order valence-corrected chi connectivity index (χ4v) is 6.27. The van der Waals surface area contributed by atoms with Crippen LogP contribution in [0.4, 0.5) is 18.9 Å². The van der Waals surface area contributed by atoms with Crippen molar-refractivity contribution in [3.63, 3.8) is 0 Å². The van der Waals surface area contributed by atoms with Gasteiger partial charge in [-0.2, -0.15) is 13.2 Å². The van der Waals surface area contributed by atoms with Gasteiger partial charge >= 0.3 is 6.18 Å². The van der Waals surface area contributed by atoms with E-state index in [4.69, 9.17) is 4.74 Å². The summed E-state index contributed by atoms with van der Waals surface area (Å²) >= 11 is 0. The molecule has 4 rings (SSSR count). The number of ether oxygens (including phenoxy) is 1. The van der Waals surface area contributed by atoms with Crippen LogP contribution in [0, 0.1) is 6.92 Å². The predicted octanol–water partition coefficient (Wildman–Crippen LogP) is 4.53. The molecule has 0 aromatic heterocycles. The third-order valence-electron chi connectivity index (χ3n) is 5.88. The molecule has 2 aliphatic rings. The van der Waals surface area contributed by atoms with Crippen molar-refractivity contribution in [3.8, 4) is 0 Å². The molecule has 0 saturated carbocycles. The quantitative estimate of drug-likeness (QED) is 0.730. The average Bonchev–Trinajstić information content (AvgIpc) is 3.20. The van der Waals surface area contributed by atoms with E-state index in [0.717, 1.165) is 12.5 Å². The van der Waals surface area contributed by atoms with Crippen LogP contribution < -0.4 is 4.31 Å². The van der Waals surface area contributed by atoms with Crippen molar-refractivity contribution >= 4 is 15.7 Å². The Morgan fingerprint density at radius 2 is 1.71 bits per heavy atom. The van der Waals surface area contributed by atoms with Crippen molar-refractivity contribution in [2.75, 3.05) is 10.9 Å². The maximum Gasteiger partial charge on any atom is 0.415 e. The highest BCUT2D eigenvalue weighted by atomic mass is 32.2. The van der Waals surface area contributed by atoms with Gasteiger partial charge in [0.05, 0.1) is 10.6 Å². The Morgan fingerprint density at radius 1 is 1.07 bits per heavy atom.